The van der Waals surface area contributed by atoms with E-state index in [2.05, 4.69) is 5.32 Å². The van der Waals surface area contributed by atoms with Gasteiger partial charge in [-0.15, -0.1) is 0 Å². The lowest BCUT2D eigenvalue weighted by Crippen LogP contribution is -2.21. The number of nitrogens with one attached hydrogen (secondary N) is 1. The van der Waals surface area contributed by atoms with Crippen LogP contribution in [0.1, 0.15) is 18.9 Å². The van der Waals surface area contributed by atoms with Crippen molar-refractivity contribution in [3.8, 4) is 0 Å². The molecule has 1 heterocycles. The van der Waals surface area contributed by atoms with Crippen molar-refractivity contribution in [1.82, 2.24) is 5.32 Å². The van der Waals surface area contributed by atoms with Crippen LogP contribution >= 0.6 is 0 Å². The van der Waals surface area contributed by atoms with E-state index < -0.39 is 15.7 Å². The largest absolute Gasteiger partial charge is 0.317 e. The van der Waals surface area contributed by atoms with Gasteiger partial charge in [0, 0.05) is 11.4 Å². The van der Waals surface area contributed by atoms with Gasteiger partial charge in [0.25, 0.3) is 0 Å². The van der Waals surface area contributed by atoms with Gasteiger partial charge in [-0.1, -0.05) is 6.07 Å². The fourth-order valence-electron chi connectivity index (χ4n) is 1.90. The van der Waals surface area contributed by atoms with Gasteiger partial charge < -0.3 is 5.32 Å². The summed E-state index contributed by atoms with van der Waals surface area (Å²) in [5.74, 6) is -0.524. The maximum atomic E-state index is 13.1. The molecule has 0 bridgehead atoms. The van der Waals surface area contributed by atoms with Crippen molar-refractivity contribution in [2.45, 2.75) is 24.3 Å². The van der Waals surface area contributed by atoms with Gasteiger partial charge in [0.1, 0.15) is 5.82 Å². The summed E-state index contributed by atoms with van der Waals surface area (Å²) in [6.45, 7) is 1.97. The molecule has 17 heavy (non-hydrogen) atoms. The zero-order valence-corrected chi connectivity index (χ0v) is 10.5. The highest BCUT2D eigenvalue weighted by Crippen LogP contribution is 2.36. The maximum absolute atomic E-state index is 13.1. The molecule has 1 aliphatic rings. The smallest absolute Gasteiger partial charge is 0.200 e. The Bertz CT molecular complexity index is 578. The molecule has 0 spiro atoms. The van der Waals surface area contributed by atoms with Crippen LogP contribution in [-0.2, 0) is 9.84 Å². The summed E-state index contributed by atoms with van der Waals surface area (Å²) in [5.41, 5.74) is 1.36. The van der Waals surface area contributed by atoms with Gasteiger partial charge in [-0.3, -0.25) is 0 Å². The van der Waals surface area contributed by atoms with Crippen molar-refractivity contribution in [3.05, 3.63) is 35.0 Å². The van der Waals surface area contributed by atoms with E-state index in [9.17, 15) is 12.8 Å². The topological polar surface area (TPSA) is 46.2 Å². The highest BCUT2D eigenvalue weighted by atomic mass is 32.2. The quantitative estimate of drug-likeness (QED) is 0.898. The molecule has 0 amide bonds. The van der Waals surface area contributed by atoms with Gasteiger partial charge in [0.2, 0.25) is 9.84 Å². The first-order chi connectivity index (χ1) is 7.94. The summed E-state index contributed by atoms with van der Waals surface area (Å²) in [6.07, 6.45) is 0.606. The summed E-state index contributed by atoms with van der Waals surface area (Å²) in [4.78, 5) is 0.0794. The van der Waals surface area contributed by atoms with Crippen LogP contribution in [0.5, 0.6) is 0 Å². The van der Waals surface area contributed by atoms with Crippen LogP contribution in [0.3, 0.4) is 0 Å². The summed E-state index contributed by atoms with van der Waals surface area (Å²) in [6, 6.07) is 4.08. The molecule has 3 nitrogen and oxygen atoms in total. The highest BCUT2D eigenvalue weighted by Gasteiger charge is 2.27. The Balaban J connectivity index is 2.47. The predicted molar refractivity (Wildman–Crippen MR) is 64.7 cm³/mol. The molecular weight excluding hydrogens is 241 g/mol. The number of fused-ring (bicyclic) bond motifs is 1. The lowest BCUT2D eigenvalue weighted by Gasteiger charge is -2.11. The van der Waals surface area contributed by atoms with Crippen LogP contribution in [0.4, 0.5) is 4.39 Å². The summed E-state index contributed by atoms with van der Waals surface area (Å²) in [5, 5.41) is 4.29. The fraction of sp³-hybridized carbons (Fsp3) is 0.333. The minimum absolute atomic E-state index is 0.0794. The lowest BCUT2D eigenvalue weighted by molar-refractivity contribution is 0.599. The van der Waals surface area contributed by atoms with Crippen molar-refractivity contribution < 1.29 is 12.8 Å². The normalized spacial score (nSPS) is 18.6. The number of halogens is 1. The summed E-state index contributed by atoms with van der Waals surface area (Å²) >= 11 is 0. The molecule has 1 aliphatic heterocycles. The summed E-state index contributed by atoms with van der Waals surface area (Å²) < 4.78 is 36.7. The molecule has 0 aliphatic carbocycles. The van der Waals surface area contributed by atoms with Crippen molar-refractivity contribution in [1.29, 1.82) is 0 Å². The van der Waals surface area contributed by atoms with Crippen LogP contribution in [0.25, 0.3) is 5.57 Å². The van der Waals surface area contributed by atoms with E-state index in [0.29, 0.717) is 12.0 Å². The Morgan fingerprint density at radius 2 is 2.12 bits per heavy atom. The van der Waals surface area contributed by atoms with Crippen LogP contribution in [0.15, 0.2) is 28.5 Å². The van der Waals surface area contributed by atoms with Gasteiger partial charge in [-0.05, 0) is 43.7 Å². The Morgan fingerprint density at radius 3 is 2.76 bits per heavy atom. The Labute approximate surface area is 100 Å². The Morgan fingerprint density at radius 1 is 1.41 bits per heavy atom. The van der Waals surface area contributed by atoms with Crippen molar-refractivity contribution in [3.63, 3.8) is 0 Å². The number of rotatable bonds is 3. The summed E-state index contributed by atoms with van der Waals surface area (Å²) in [7, 11) is -1.64. The molecule has 0 aromatic heterocycles. The zero-order valence-electron chi connectivity index (χ0n) is 9.70. The Hall–Kier alpha value is -1.20. The van der Waals surface area contributed by atoms with E-state index in [0.717, 1.165) is 11.6 Å². The second-order valence-corrected chi connectivity index (χ2v) is 5.99. The van der Waals surface area contributed by atoms with E-state index in [1.54, 1.807) is 0 Å². The van der Waals surface area contributed by atoms with Gasteiger partial charge in [0.15, 0.2) is 0 Å². The van der Waals surface area contributed by atoms with Crippen molar-refractivity contribution in [2.75, 3.05) is 7.05 Å². The lowest BCUT2D eigenvalue weighted by atomic mass is 10.0. The minimum atomic E-state index is -3.46. The van der Waals surface area contributed by atoms with Gasteiger partial charge >= 0.3 is 0 Å². The van der Waals surface area contributed by atoms with E-state index in [4.69, 9.17) is 0 Å². The van der Waals surface area contributed by atoms with E-state index >= 15 is 0 Å². The minimum Gasteiger partial charge on any atom is -0.317 e. The predicted octanol–water partition coefficient (Wildman–Crippen LogP) is 1.95. The molecule has 5 heteroatoms. The molecule has 0 saturated heterocycles. The average Bonchev–Trinajstić information content (AvgIpc) is 2.50. The molecule has 1 aromatic carbocycles. The molecule has 2 rings (SSSR count). The van der Waals surface area contributed by atoms with Crippen LogP contribution in [0, 0.1) is 5.82 Å². The highest BCUT2D eigenvalue weighted by molar-refractivity contribution is 7.95. The third kappa shape index (κ3) is 2.25. The standard InChI is InChI=1S/C12H14FNO2S/c1-8(14-2)5-9-7-17(15,16)12-6-10(13)3-4-11(9)12/h3-4,6-8,14H,5H2,1-2H3. The van der Waals surface area contributed by atoms with Gasteiger partial charge in [-0.2, -0.15) is 0 Å². The first-order valence-corrected chi connectivity index (χ1v) is 6.91. The monoisotopic (exact) mass is 255 g/mol. The van der Waals surface area contributed by atoms with Crippen molar-refractivity contribution in [2.24, 2.45) is 0 Å². The molecule has 0 radical (unpaired) electrons. The molecular formula is C12H14FNO2S. The third-order valence-electron chi connectivity index (χ3n) is 2.91. The fourth-order valence-corrected chi connectivity index (χ4v) is 3.41. The van der Waals surface area contributed by atoms with Crippen molar-refractivity contribution >= 4 is 15.4 Å². The second kappa shape index (κ2) is 4.23. The Kier molecular flexibility index (Phi) is 3.05. The molecule has 0 fully saturated rings. The first kappa shape index (κ1) is 12.3. The maximum Gasteiger partial charge on any atom is 0.200 e. The molecule has 1 N–H and O–H groups in total. The molecule has 0 saturated carbocycles. The van der Waals surface area contributed by atoms with Crippen LogP contribution < -0.4 is 5.32 Å². The van der Waals surface area contributed by atoms with Gasteiger partial charge in [-0.25, -0.2) is 12.8 Å². The third-order valence-corrected chi connectivity index (χ3v) is 4.46. The van der Waals surface area contributed by atoms with Crippen LogP contribution in [0.2, 0.25) is 0 Å². The SMILES string of the molecule is CNC(C)CC1=CS(=O)(=O)c2cc(F)ccc21. The zero-order chi connectivity index (χ0) is 12.6. The van der Waals surface area contributed by atoms with E-state index in [-0.39, 0.29) is 10.9 Å². The molecule has 1 aromatic rings. The first-order valence-electron chi connectivity index (χ1n) is 5.37. The number of hydrogen-bond donors (Lipinski definition) is 1. The van der Waals surface area contributed by atoms with Crippen LogP contribution in [-0.4, -0.2) is 21.5 Å². The second-order valence-electron chi connectivity index (χ2n) is 4.22. The van der Waals surface area contributed by atoms with E-state index in [1.807, 2.05) is 14.0 Å². The average molecular weight is 255 g/mol. The van der Waals surface area contributed by atoms with Gasteiger partial charge in [0.05, 0.1) is 4.90 Å². The molecule has 92 valence electrons. The number of sulfone groups is 1. The van der Waals surface area contributed by atoms with E-state index in [1.165, 1.54) is 17.5 Å². The molecule has 1 atom stereocenters. The molecule has 1 unspecified atom stereocenters. The number of benzene rings is 1. The number of hydrogen-bond acceptors (Lipinski definition) is 3.